The molecule has 4 rings (SSSR count). The summed E-state index contributed by atoms with van der Waals surface area (Å²) in [6.07, 6.45) is 5.63. The van der Waals surface area contributed by atoms with E-state index in [9.17, 15) is 0 Å². The normalized spacial score (nSPS) is 40.9. The maximum absolute atomic E-state index is 6.07. The Morgan fingerprint density at radius 1 is 1.24 bits per heavy atom. The molecule has 3 saturated carbocycles. The van der Waals surface area contributed by atoms with E-state index >= 15 is 0 Å². The molecule has 0 aromatic carbocycles. The van der Waals surface area contributed by atoms with Crippen LogP contribution in [0.15, 0.2) is 0 Å². The standard InChI is InChI=1S/C12H20BClO2.C3H8.CH3Br/c1-4-12(3)8-5-9(12)11-10(6-8)15-13(16-11)7(2)14;1-3-2;1-2/h7-11H,4-6H2,1-3H3;3H2,1-2H3;1H3. The molecule has 124 valence electrons. The lowest BCUT2D eigenvalue weighted by Crippen LogP contribution is -2.60. The van der Waals surface area contributed by atoms with Gasteiger partial charge in [0, 0.05) is 0 Å². The Morgan fingerprint density at radius 2 is 1.81 bits per heavy atom. The fraction of sp³-hybridized carbons (Fsp3) is 1.00. The van der Waals surface area contributed by atoms with Gasteiger partial charge in [-0.25, -0.2) is 0 Å². The lowest BCUT2D eigenvalue weighted by atomic mass is 9.45. The van der Waals surface area contributed by atoms with Crippen LogP contribution in [0, 0.1) is 17.3 Å². The fourth-order valence-electron chi connectivity index (χ4n) is 3.98. The second-order valence-electron chi connectivity index (χ2n) is 6.66. The summed E-state index contributed by atoms with van der Waals surface area (Å²) in [6.45, 7) is 10.9. The molecule has 0 aromatic rings. The summed E-state index contributed by atoms with van der Waals surface area (Å²) in [6, 6.07) is 0. The molecule has 2 nitrogen and oxygen atoms in total. The van der Waals surface area contributed by atoms with E-state index in [1.54, 1.807) is 0 Å². The summed E-state index contributed by atoms with van der Waals surface area (Å²) in [5, 5.41) is -0.0457. The van der Waals surface area contributed by atoms with Crippen molar-refractivity contribution in [2.24, 2.45) is 17.3 Å². The van der Waals surface area contributed by atoms with Gasteiger partial charge in [0.05, 0.1) is 17.5 Å². The SMILES string of the molecule is CBr.CCC.CCC1(C)C2CC3OB(C(C)Cl)OC3C1C2. The summed E-state index contributed by atoms with van der Waals surface area (Å²) in [5.41, 5.74) is 0.495. The molecule has 6 unspecified atom stereocenters. The molecular formula is C16H31BBrClO2. The topological polar surface area (TPSA) is 18.5 Å². The summed E-state index contributed by atoms with van der Waals surface area (Å²) < 4.78 is 11.9. The molecule has 0 N–H and O–H groups in total. The van der Waals surface area contributed by atoms with Crippen molar-refractivity contribution in [3.05, 3.63) is 0 Å². The van der Waals surface area contributed by atoms with Crippen molar-refractivity contribution in [3.8, 4) is 0 Å². The van der Waals surface area contributed by atoms with Gasteiger partial charge in [-0.15, -0.1) is 11.6 Å². The van der Waals surface area contributed by atoms with Crippen LogP contribution in [0.2, 0.25) is 0 Å². The number of alkyl halides is 2. The molecule has 3 aliphatic carbocycles. The van der Waals surface area contributed by atoms with Gasteiger partial charge in [0.25, 0.3) is 0 Å². The van der Waals surface area contributed by atoms with E-state index in [2.05, 4.69) is 43.6 Å². The minimum atomic E-state index is -0.183. The number of rotatable bonds is 2. The van der Waals surface area contributed by atoms with Crippen LogP contribution in [0.1, 0.15) is 60.3 Å². The molecule has 0 amide bonds. The molecule has 0 spiro atoms. The second-order valence-corrected chi connectivity index (χ2v) is 7.35. The Kier molecular flexibility index (Phi) is 8.07. The molecule has 2 bridgehead atoms. The van der Waals surface area contributed by atoms with Crippen LogP contribution < -0.4 is 0 Å². The zero-order valence-electron chi connectivity index (χ0n) is 14.4. The van der Waals surface area contributed by atoms with Crippen molar-refractivity contribution in [1.82, 2.24) is 0 Å². The third-order valence-electron chi connectivity index (χ3n) is 5.33. The zero-order valence-corrected chi connectivity index (χ0v) is 16.7. The molecule has 1 aliphatic heterocycles. The first-order valence-corrected chi connectivity index (χ1v) is 10.3. The number of halogens is 2. The van der Waals surface area contributed by atoms with Gasteiger partial charge < -0.3 is 9.31 Å². The molecule has 1 heterocycles. The maximum Gasteiger partial charge on any atom is 0.476 e. The molecule has 0 radical (unpaired) electrons. The van der Waals surface area contributed by atoms with E-state index in [0.29, 0.717) is 23.5 Å². The molecule has 4 aliphatic rings. The monoisotopic (exact) mass is 380 g/mol. The van der Waals surface area contributed by atoms with E-state index in [1.807, 2.05) is 12.8 Å². The second kappa shape index (κ2) is 8.56. The van der Waals surface area contributed by atoms with Crippen molar-refractivity contribution in [2.75, 3.05) is 5.83 Å². The van der Waals surface area contributed by atoms with Gasteiger partial charge in [-0.2, -0.15) is 0 Å². The van der Waals surface area contributed by atoms with E-state index in [1.165, 1.54) is 25.7 Å². The Hall–Kier alpha value is 0.755. The van der Waals surface area contributed by atoms with Crippen LogP contribution in [0.25, 0.3) is 0 Å². The highest BCUT2D eigenvalue weighted by molar-refractivity contribution is 9.08. The summed E-state index contributed by atoms with van der Waals surface area (Å²) in [5.74, 6) is 3.35. The highest BCUT2D eigenvalue weighted by atomic mass is 79.9. The molecule has 5 heteroatoms. The van der Waals surface area contributed by atoms with E-state index in [-0.39, 0.29) is 12.4 Å². The Balaban J connectivity index is 0.000000395. The lowest BCUT2D eigenvalue weighted by Gasteiger charge is -2.61. The van der Waals surface area contributed by atoms with Crippen LogP contribution in [0.4, 0.5) is 0 Å². The van der Waals surface area contributed by atoms with E-state index < -0.39 is 0 Å². The highest BCUT2D eigenvalue weighted by Crippen LogP contribution is 2.63. The Bertz CT molecular complexity index is 319. The van der Waals surface area contributed by atoms with Crippen molar-refractivity contribution < 1.29 is 9.31 Å². The smallest absolute Gasteiger partial charge is 0.405 e. The summed E-state index contributed by atoms with van der Waals surface area (Å²) in [7, 11) is -0.183. The molecule has 0 aromatic heterocycles. The predicted octanol–water partition coefficient (Wildman–Crippen LogP) is 5.31. The van der Waals surface area contributed by atoms with Gasteiger partial charge in [-0.3, -0.25) is 0 Å². The maximum atomic E-state index is 6.07. The Morgan fingerprint density at radius 3 is 2.29 bits per heavy atom. The van der Waals surface area contributed by atoms with Gasteiger partial charge in [-0.1, -0.05) is 63.4 Å². The van der Waals surface area contributed by atoms with Crippen LogP contribution in [0.3, 0.4) is 0 Å². The van der Waals surface area contributed by atoms with Gasteiger partial charge >= 0.3 is 7.12 Å². The number of hydrogen-bond donors (Lipinski definition) is 0. The average Bonchev–Trinajstić information content (AvgIpc) is 2.93. The minimum Gasteiger partial charge on any atom is -0.405 e. The van der Waals surface area contributed by atoms with Gasteiger partial charge in [0.2, 0.25) is 0 Å². The molecule has 4 fully saturated rings. The van der Waals surface area contributed by atoms with Crippen molar-refractivity contribution in [3.63, 3.8) is 0 Å². The van der Waals surface area contributed by atoms with Gasteiger partial charge in [0.1, 0.15) is 0 Å². The fourth-order valence-corrected chi connectivity index (χ4v) is 4.10. The van der Waals surface area contributed by atoms with Crippen LogP contribution in [-0.2, 0) is 9.31 Å². The van der Waals surface area contributed by atoms with Gasteiger partial charge in [-0.05, 0) is 35.9 Å². The quantitative estimate of drug-likeness (QED) is 0.477. The van der Waals surface area contributed by atoms with Crippen LogP contribution >= 0.6 is 27.5 Å². The lowest BCUT2D eigenvalue weighted by molar-refractivity contribution is -0.162. The predicted molar refractivity (Wildman–Crippen MR) is 96.2 cm³/mol. The third-order valence-corrected chi connectivity index (χ3v) is 5.54. The van der Waals surface area contributed by atoms with Crippen molar-refractivity contribution in [1.29, 1.82) is 0 Å². The first kappa shape index (κ1) is 19.8. The molecule has 1 saturated heterocycles. The molecule has 21 heavy (non-hydrogen) atoms. The van der Waals surface area contributed by atoms with Crippen molar-refractivity contribution in [2.45, 2.75) is 77.8 Å². The van der Waals surface area contributed by atoms with E-state index in [4.69, 9.17) is 20.9 Å². The van der Waals surface area contributed by atoms with Crippen LogP contribution in [0.5, 0.6) is 0 Å². The zero-order chi connectivity index (χ0) is 16.2. The van der Waals surface area contributed by atoms with Crippen molar-refractivity contribution >= 4 is 34.6 Å². The first-order chi connectivity index (χ1) is 9.97. The van der Waals surface area contributed by atoms with E-state index in [0.717, 1.165) is 5.92 Å². The molecule has 6 atom stereocenters. The minimum absolute atomic E-state index is 0.0457. The average molecular weight is 382 g/mol. The summed E-state index contributed by atoms with van der Waals surface area (Å²) >= 11 is 9.00. The highest BCUT2D eigenvalue weighted by Gasteiger charge is 2.63. The van der Waals surface area contributed by atoms with Gasteiger partial charge in [0.15, 0.2) is 0 Å². The largest absolute Gasteiger partial charge is 0.476 e. The van der Waals surface area contributed by atoms with Crippen LogP contribution in [-0.4, -0.2) is 30.4 Å². The third kappa shape index (κ3) is 3.81. The summed E-state index contributed by atoms with van der Waals surface area (Å²) in [4.78, 5) is 0. The number of hydrogen-bond acceptors (Lipinski definition) is 2. The first-order valence-electron chi connectivity index (χ1n) is 8.30. The Labute approximate surface area is 144 Å². The molecular weight excluding hydrogens is 350 g/mol.